The molecule has 0 bridgehead atoms. The minimum absolute atomic E-state index is 0.272. The van der Waals surface area contributed by atoms with Crippen LogP contribution in [0.15, 0.2) is 34.7 Å². The highest BCUT2D eigenvalue weighted by Gasteiger charge is 2.32. The Morgan fingerprint density at radius 3 is 2.55 bits per heavy atom. The maximum absolute atomic E-state index is 12.3. The van der Waals surface area contributed by atoms with Crippen molar-refractivity contribution in [2.24, 2.45) is 5.73 Å². The van der Waals surface area contributed by atoms with E-state index >= 15 is 0 Å². The van der Waals surface area contributed by atoms with Gasteiger partial charge in [-0.2, -0.15) is 0 Å². The zero-order valence-electron chi connectivity index (χ0n) is 11.6. The lowest BCUT2D eigenvalue weighted by Gasteiger charge is -2.31. The fraction of sp³-hybridized carbons (Fsp3) is 0.333. The average Bonchev–Trinajstić information content (AvgIpc) is 2.88. The first-order valence-electron chi connectivity index (χ1n) is 6.63. The molecule has 0 unspecified atom stereocenters. The molecule has 0 fully saturated rings. The van der Waals surface area contributed by atoms with E-state index in [2.05, 4.69) is 5.32 Å². The topological polar surface area (TPSA) is 68.3 Å². The van der Waals surface area contributed by atoms with Crippen molar-refractivity contribution in [3.63, 3.8) is 0 Å². The van der Waals surface area contributed by atoms with Gasteiger partial charge in [-0.05, 0) is 25.0 Å². The van der Waals surface area contributed by atoms with E-state index in [-0.39, 0.29) is 11.7 Å². The summed E-state index contributed by atoms with van der Waals surface area (Å²) in [6, 6.07) is 9.21. The normalized spacial score (nSPS) is 11.5. The molecule has 0 radical (unpaired) electrons. The van der Waals surface area contributed by atoms with Crippen LogP contribution in [-0.2, 0) is 0 Å². The number of nitrogens with two attached hydrogens (primary N) is 1. The standard InChI is InChI=1S/C15H18N2O2S/c1-3-15(4-2,14(16)20)17-13(18)12-9-10-7-5-6-8-11(10)19-12/h5-9H,3-4H2,1-2H3,(H2,16,20)(H,17,18). The van der Waals surface area contributed by atoms with Crippen molar-refractivity contribution in [3.05, 3.63) is 36.1 Å². The predicted octanol–water partition coefficient (Wildman–Crippen LogP) is 3.01. The van der Waals surface area contributed by atoms with Crippen LogP contribution in [0.25, 0.3) is 11.0 Å². The number of amides is 1. The SMILES string of the molecule is CCC(CC)(NC(=O)c1cc2ccccc2o1)C(N)=S. The number of carbonyl (C=O) groups excluding carboxylic acids is 1. The first kappa shape index (κ1) is 14.5. The van der Waals surface area contributed by atoms with Gasteiger partial charge in [0.1, 0.15) is 5.58 Å². The Balaban J connectivity index is 2.29. The molecule has 0 aliphatic heterocycles. The molecule has 0 atom stereocenters. The van der Waals surface area contributed by atoms with Crippen LogP contribution in [0.1, 0.15) is 37.2 Å². The van der Waals surface area contributed by atoms with Crippen molar-refractivity contribution >= 4 is 34.1 Å². The van der Waals surface area contributed by atoms with Crippen molar-refractivity contribution in [2.45, 2.75) is 32.2 Å². The molecule has 1 heterocycles. The number of benzene rings is 1. The fourth-order valence-corrected chi connectivity index (χ4v) is 2.55. The summed E-state index contributed by atoms with van der Waals surface area (Å²) >= 11 is 5.09. The number of thiocarbonyl (C=S) groups is 1. The van der Waals surface area contributed by atoms with Crippen LogP contribution in [0.4, 0.5) is 0 Å². The summed E-state index contributed by atoms with van der Waals surface area (Å²) < 4.78 is 5.55. The smallest absolute Gasteiger partial charge is 0.287 e. The van der Waals surface area contributed by atoms with Gasteiger partial charge in [-0.3, -0.25) is 4.79 Å². The van der Waals surface area contributed by atoms with Crippen LogP contribution in [0.2, 0.25) is 0 Å². The molecule has 1 aromatic carbocycles. The number of fused-ring (bicyclic) bond motifs is 1. The van der Waals surface area contributed by atoms with E-state index in [0.717, 1.165) is 5.39 Å². The molecular weight excluding hydrogens is 272 g/mol. The Bertz CT molecular complexity index is 611. The predicted molar refractivity (Wildman–Crippen MR) is 83.8 cm³/mol. The highest BCUT2D eigenvalue weighted by atomic mass is 32.1. The Labute approximate surface area is 123 Å². The summed E-state index contributed by atoms with van der Waals surface area (Å²) in [5, 5.41) is 3.80. The van der Waals surface area contributed by atoms with E-state index in [0.29, 0.717) is 23.4 Å². The summed E-state index contributed by atoms with van der Waals surface area (Å²) in [7, 11) is 0. The van der Waals surface area contributed by atoms with Crippen LogP contribution in [0.3, 0.4) is 0 Å². The fourth-order valence-electron chi connectivity index (χ4n) is 2.21. The molecule has 4 nitrogen and oxygen atoms in total. The van der Waals surface area contributed by atoms with Gasteiger partial charge in [0.05, 0.1) is 10.5 Å². The van der Waals surface area contributed by atoms with Gasteiger partial charge in [0.25, 0.3) is 5.91 Å². The maximum atomic E-state index is 12.3. The van der Waals surface area contributed by atoms with Crippen molar-refractivity contribution in [1.82, 2.24) is 5.32 Å². The molecule has 20 heavy (non-hydrogen) atoms. The molecule has 106 valence electrons. The minimum atomic E-state index is -0.661. The number of nitrogens with one attached hydrogen (secondary N) is 1. The van der Waals surface area contributed by atoms with Gasteiger partial charge in [-0.1, -0.05) is 44.3 Å². The van der Waals surface area contributed by atoms with Crippen LogP contribution < -0.4 is 11.1 Å². The Hall–Kier alpha value is -1.88. The molecule has 1 aromatic heterocycles. The van der Waals surface area contributed by atoms with Gasteiger partial charge in [0.2, 0.25) is 0 Å². The number of furan rings is 1. The van der Waals surface area contributed by atoms with Gasteiger partial charge in [-0.15, -0.1) is 0 Å². The largest absolute Gasteiger partial charge is 0.451 e. The lowest BCUT2D eigenvalue weighted by atomic mass is 9.92. The first-order valence-corrected chi connectivity index (χ1v) is 7.04. The molecule has 2 aromatic rings. The highest BCUT2D eigenvalue weighted by Crippen LogP contribution is 2.21. The van der Waals surface area contributed by atoms with Crippen molar-refractivity contribution in [3.8, 4) is 0 Å². The molecule has 2 rings (SSSR count). The Kier molecular flexibility index (Phi) is 4.09. The second kappa shape index (κ2) is 5.63. The van der Waals surface area contributed by atoms with Crippen LogP contribution in [0, 0.1) is 0 Å². The van der Waals surface area contributed by atoms with Crippen LogP contribution >= 0.6 is 12.2 Å². The lowest BCUT2D eigenvalue weighted by molar-refractivity contribution is 0.0893. The molecule has 0 saturated carbocycles. The third-order valence-corrected chi connectivity index (χ3v) is 4.07. The summed E-state index contributed by atoms with van der Waals surface area (Å²) in [6.45, 7) is 3.89. The molecule has 0 aliphatic rings. The molecule has 1 amide bonds. The van der Waals surface area contributed by atoms with Crippen molar-refractivity contribution in [2.75, 3.05) is 0 Å². The molecule has 3 N–H and O–H groups in total. The van der Waals surface area contributed by atoms with Crippen LogP contribution in [0.5, 0.6) is 0 Å². The van der Waals surface area contributed by atoms with E-state index < -0.39 is 5.54 Å². The first-order chi connectivity index (χ1) is 9.52. The second-order valence-electron chi connectivity index (χ2n) is 4.76. The van der Waals surface area contributed by atoms with Crippen LogP contribution in [-0.4, -0.2) is 16.4 Å². The molecule has 0 spiro atoms. The van der Waals surface area contributed by atoms with E-state index in [4.69, 9.17) is 22.4 Å². The average molecular weight is 290 g/mol. The maximum Gasteiger partial charge on any atom is 0.287 e. The third kappa shape index (κ3) is 2.54. The van der Waals surface area contributed by atoms with Gasteiger partial charge < -0.3 is 15.5 Å². The number of rotatable bonds is 5. The van der Waals surface area contributed by atoms with Gasteiger partial charge in [-0.25, -0.2) is 0 Å². The van der Waals surface area contributed by atoms with E-state index in [9.17, 15) is 4.79 Å². The Morgan fingerprint density at radius 2 is 2.00 bits per heavy atom. The summed E-state index contributed by atoms with van der Waals surface area (Å²) in [4.78, 5) is 12.6. The summed E-state index contributed by atoms with van der Waals surface area (Å²) in [5.41, 5.74) is 5.81. The van der Waals surface area contributed by atoms with Crippen molar-refractivity contribution in [1.29, 1.82) is 0 Å². The zero-order valence-corrected chi connectivity index (χ0v) is 12.4. The quantitative estimate of drug-likeness (QED) is 0.831. The number of carbonyl (C=O) groups is 1. The van der Waals surface area contributed by atoms with Gasteiger partial charge in [0, 0.05) is 5.39 Å². The number of hydrogen-bond donors (Lipinski definition) is 2. The number of hydrogen-bond acceptors (Lipinski definition) is 3. The summed E-state index contributed by atoms with van der Waals surface area (Å²) in [5.74, 6) is -0.0218. The minimum Gasteiger partial charge on any atom is -0.451 e. The van der Waals surface area contributed by atoms with E-state index in [1.54, 1.807) is 6.07 Å². The summed E-state index contributed by atoms with van der Waals surface area (Å²) in [6.07, 6.45) is 1.29. The zero-order chi connectivity index (χ0) is 14.8. The third-order valence-electron chi connectivity index (χ3n) is 3.68. The molecular formula is C15H18N2O2S. The van der Waals surface area contributed by atoms with Gasteiger partial charge in [0.15, 0.2) is 5.76 Å². The van der Waals surface area contributed by atoms with Gasteiger partial charge >= 0.3 is 0 Å². The lowest BCUT2D eigenvalue weighted by Crippen LogP contribution is -2.55. The van der Waals surface area contributed by atoms with E-state index in [1.165, 1.54) is 0 Å². The molecule has 5 heteroatoms. The monoisotopic (exact) mass is 290 g/mol. The molecule has 0 aliphatic carbocycles. The number of para-hydroxylation sites is 1. The second-order valence-corrected chi connectivity index (χ2v) is 5.20. The Morgan fingerprint density at radius 1 is 1.35 bits per heavy atom. The highest BCUT2D eigenvalue weighted by molar-refractivity contribution is 7.80. The van der Waals surface area contributed by atoms with E-state index in [1.807, 2.05) is 38.1 Å². The van der Waals surface area contributed by atoms with Crippen molar-refractivity contribution < 1.29 is 9.21 Å². The molecule has 0 saturated heterocycles.